The number of rotatable bonds is 5. The second-order valence-corrected chi connectivity index (χ2v) is 8.11. The van der Waals surface area contributed by atoms with Crippen molar-refractivity contribution in [2.75, 3.05) is 6.61 Å². The molecule has 0 bridgehead atoms. The monoisotopic (exact) mass is 352 g/mol. The predicted octanol–water partition coefficient (Wildman–Crippen LogP) is 3.95. The summed E-state index contributed by atoms with van der Waals surface area (Å²) >= 11 is 0. The highest BCUT2D eigenvalue weighted by molar-refractivity contribution is 5.89. The number of carbonyl (C=O) groups excluding carboxylic acids is 2. The first-order valence-corrected chi connectivity index (χ1v) is 8.22. The highest BCUT2D eigenvalue weighted by Crippen LogP contribution is 2.21. The summed E-state index contributed by atoms with van der Waals surface area (Å²) < 4.78 is 15.2. The molecule has 0 fully saturated rings. The largest absolute Gasteiger partial charge is 0.514 e. The fraction of sp³-hybridized carbons (Fsp3) is 0.579. The quantitative estimate of drug-likeness (QED) is 0.638. The van der Waals surface area contributed by atoms with Crippen LogP contribution in [0.3, 0.4) is 0 Å². The molecule has 0 spiro atoms. The van der Waals surface area contributed by atoms with Crippen LogP contribution >= 0.6 is 0 Å². The van der Waals surface area contributed by atoms with Crippen LogP contribution in [0, 0.1) is 5.41 Å². The molecule has 0 aromatic heterocycles. The maximum atomic E-state index is 12.0. The Bertz CT molecular complexity index is 577. The number of hydrogen-bond acceptors (Lipinski definition) is 6. The van der Waals surface area contributed by atoms with E-state index >= 15 is 0 Å². The Labute approximate surface area is 149 Å². The van der Waals surface area contributed by atoms with Crippen molar-refractivity contribution in [1.82, 2.24) is 0 Å². The van der Waals surface area contributed by atoms with Crippen LogP contribution in [0.15, 0.2) is 24.3 Å². The normalized spacial score (nSPS) is 13.1. The molecule has 0 amide bonds. The van der Waals surface area contributed by atoms with Gasteiger partial charge in [0.2, 0.25) is 0 Å². The van der Waals surface area contributed by atoms with Gasteiger partial charge in [0.05, 0.1) is 11.7 Å². The van der Waals surface area contributed by atoms with Gasteiger partial charge in [-0.05, 0) is 56.9 Å². The summed E-state index contributed by atoms with van der Waals surface area (Å²) in [6.07, 6.45) is -0.991. The molecule has 1 N–H and O–H groups in total. The zero-order valence-corrected chi connectivity index (χ0v) is 15.8. The van der Waals surface area contributed by atoms with Crippen molar-refractivity contribution in [2.24, 2.45) is 5.41 Å². The van der Waals surface area contributed by atoms with Gasteiger partial charge in [0.15, 0.2) is 0 Å². The van der Waals surface area contributed by atoms with Crippen molar-refractivity contribution in [2.45, 2.75) is 59.7 Å². The molecule has 0 saturated carbocycles. The van der Waals surface area contributed by atoms with Crippen LogP contribution in [0.4, 0.5) is 4.79 Å². The van der Waals surface area contributed by atoms with Gasteiger partial charge in [0.1, 0.15) is 18.0 Å². The van der Waals surface area contributed by atoms with Gasteiger partial charge >= 0.3 is 12.1 Å². The van der Waals surface area contributed by atoms with Crippen LogP contribution in [0.1, 0.15) is 58.3 Å². The molecule has 1 rings (SSSR count). The molecule has 1 unspecified atom stereocenters. The van der Waals surface area contributed by atoms with E-state index in [9.17, 15) is 14.7 Å². The lowest BCUT2D eigenvalue weighted by molar-refractivity contribution is 0.0152. The first-order chi connectivity index (χ1) is 11.4. The van der Waals surface area contributed by atoms with Gasteiger partial charge < -0.3 is 19.3 Å². The minimum Gasteiger partial charge on any atom is -0.459 e. The van der Waals surface area contributed by atoms with Crippen LogP contribution in [0.25, 0.3) is 0 Å². The van der Waals surface area contributed by atoms with Crippen LogP contribution in [-0.4, -0.2) is 35.5 Å². The van der Waals surface area contributed by atoms with E-state index in [4.69, 9.17) is 14.2 Å². The molecule has 1 atom stereocenters. The van der Waals surface area contributed by atoms with E-state index in [0.29, 0.717) is 12.0 Å². The van der Waals surface area contributed by atoms with Crippen LogP contribution < -0.4 is 4.74 Å². The van der Waals surface area contributed by atoms with Crippen LogP contribution in [0.2, 0.25) is 0 Å². The SMILES string of the molecule is CC(C)(C)CC(O)COC(=O)c1ccc(OC(=O)OC(C)(C)C)cc1. The van der Waals surface area contributed by atoms with Crippen molar-refractivity contribution >= 4 is 12.1 Å². The smallest absolute Gasteiger partial charge is 0.459 e. The molecule has 1 aromatic carbocycles. The number of aliphatic hydroxyl groups excluding tert-OH is 1. The summed E-state index contributed by atoms with van der Waals surface area (Å²) in [5, 5.41) is 9.87. The highest BCUT2D eigenvalue weighted by atomic mass is 16.7. The molecule has 0 saturated heterocycles. The molecule has 140 valence electrons. The molecule has 6 heteroatoms. The van der Waals surface area contributed by atoms with Gasteiger partial charge in [-0.25, -0.2) is 9.59 Å². The Hall–Kier alpha value is -2.08. The van der Waals surface area contributed by atoms with E-state index in [1.807, 2.05) is 20.8 Å². The third-order valence-corrected chi connectivity index (χ3v) is 2.94. The maximum absolute atomic E-state index is 12.0. The molecule has 0 aliphatic rings. The second-order valence-electron chi connectivity index (χ2n) is 8.11. The van der Waals surface area contributed by atoms with Crippen LogP contribution in [0.5, 0.6) is 5.75 Å². The van der Waals surface area contributed by atoms with Gasteiger partial charge in [-0.2, -0.15) is 0 Å². The maximum Gasteiger partial charge on any atom is 0.514 e. The average Bonchev–Trinajstić information content (AvgIpc) is 2.41. The van der Waals surface area contributed by atoms with E-state index in [1.165, 1.54) is 24.3 Å². The number of carbonyl (C=O) groups is 2. The topological polar surface area (TPSA) is 82.1 Å². The van der Waals surface area contributed by atoms with Crippen molar-refractivity contribution in [3.05, 3.63) is 29.8 Å². The van der Waals surface area contributed by atoms with Gasteiger partial charge in [-0.1, -0.05) is 20.8 Å². The Morgan fingerprint density at radius 2 is 1.60 bits per heavy atom. The Balaban J connectivity index is 2.52. The van der Waals surface area contributed by atoms with E-state index in [0.717, 1.165) is 0 Å². The molecular weight excluding hydrogens is 324 g/mol. The summed E-state index contributed by atoms with van der Waals surface area (Å²) in [5.41, 5.74) is -0.388. The van der Waals surface area contributed by atoms with Crippen LogP contribution in [-0.2, 0) is 9.47 Å². The summed E-state index contributed by atoms with van der Waals surface area (Å²) in [6, 6.07) is 5.93. The summed E-state index contributed by atoms with van der Waals surface area (Å²) in [4.78, 5) is 23.5. The summed E-state index contributed by atoms with van der Waals surface area (Å²) in [7, 11) is 0. The van der Waals surface area contributed by atoms with E-state index in [-0.39, 0.29) is 17.8 Å². The summed E-state index contributed by atoms with van der Waals surface area (Å²) in [6.45, 7) is 11.2. The molecule has 25 heavy (non-hydrogen) atoms. The lowest BCUT2D eigenvalue weighted by atomic mass is 9.89. The minimum absolute atomic E-state index is 0.0491. The molecule has 6 nitrogen and oxygen atoms in total. The van der Waals surface area contributed by atoms with Crippen molar-refractivity contribution in [3.63, 3.8) is 0 Å². The second kappa shape index (κ2) is 8.34. The number of hydrogen-bond donors (Lipinski definition) is 1. The average molecular weight is 352 g/mol. The highest BCUT2D eigenvalue weighted by Gasteiger charge is 2.20. The van der Waals surface area contributed by atoms with Gasteiger partial charge in [-0.15, -0.1) is 0 Å². The molecule has 0 radical (unpaired) electrons. The number of ether oxygens (including phenoxy) is 3. The van der Waals surface area contributed by atoms with Gasteiger partial charge in [0.25, 0.3) is 0 Å². The third-order valence-electron chi connectivity index (χ3n) is 2.94. The van der Waals surface area contributed by atoms with Gasteiger partial charge in [-0.3, -0.25) is 0 Å². The Kier molecular flexibility index (Phi) is 6.99. The lowest BCUT2D eigenvalue weighted by Gasteiger charge is -2.22. The van der Waals surface area contributed by atoms with E-state index in [1.54, 1.807) is 20.8 Å². The van der Waals surface area contributed by atoms with Crippen molar-refractivity contribution in [1.29, 1.82) is 0 Å². The predicted molar refractivity (Wildman–Crippen MR) is 93.7 cm³/mol. The Morgan fingerprint density at radius 3 is 2.08 bits per heavy atom. The molecule has 0 aliphatic heterocycles. The standard InChI is InChI=1S/C19H28O6/c1-18(2,3)11-14(20)12-23-16(21)13-7-9-15(10-8-13)24-17(22)25-19(4,5)6/h7-10,14,20H,11-12H2,1-6H3. The number of aliphatic hydroxyl groups is 1. The molecule has 0 heterocycles. The third kappa shape index (κ3) is 9.10. The molecule has 1 aromatic rings. The molecular formula is C19H28O6. The Morgan fingerprint density at radius 1 is 1.04 bits per heavy atom. The summed E-state index contributed by atoms with van der Waals surface area (Å²) in [5.74, 6) is -0.282. The molecule has 0 aliphatic carbocycles. The minimum atomic E-state index is -0.812. The fourth-order valence-electron chi connectivity index (χ4n) is 2.05. The van der Waals surface area contributed by atoms with E-state index < -0.39 is 23.8 Å². The zero-order valence-electron chi connectivity index (χ0n) is 15.8. The zero-order chi connectivity index (χ0) is 19.3. The van der Waals surface area contributed by atoms with Gasteiger partial charge in [0, 0.05) is 0 Å². The van der Waals surface area contributed by atoms with Crippen molar-refractivity contribution in [3.8, 4) is 5.75 Å². The fourth-order valence-corrected chi connectivity index (χ4v) is 2.05. The van der Waals surface area contributed by atoms with Crippen molar-refractivity contribution < 1.29 is 28.9 Å². The lowest BCUT2D eigenvalue weighted by Crippen LogP contribution is -2.26. The number of esters is 1. The van der Waals surface area contributed by atoms with E-state index in [2.05, 4.69) is 0 Å². The first-order valence-electron chi connectivity index (χ1n) is 8.22. The first kappa shape index (κ1) is 21.0. The number of benzene rings is 1.